The summed E-state index contributed by atoms with van der Waals surface area (Å²) in [6.07, 6.45) is 2.47. The van der Waals surface area contributed by atoms with Crippen molar-refractivity contribution in [1.82, 2.24) is 14.1 Å². The summed E-state index contributed by atoms with van der Waals surface area (Å²) in [6.45, 7) is 2.91. The first-order valence-electron chi connectivity index (χ1n) is 11.1. The van der Waals surface area contributed by atoms with Crippen LogP contribution < -0.4 is 0 Å². The zero-order valence-corrected chi connectivity index (χ0v) is 20.9. The molecule has 2 aliphatic heterocycles. The molecule has 7 nitrogen and oxygen atoms in total. The molecule has 2 aromatic carbocycles. The third-order valence-electron chi connectivity index (χ3n) is 6.32. The number of halogens is 1. The quantitative estimate of drug-likeness (QED) is 0.638. The standard InChI is InChI=1S/C24H31ClN4O3S/c1-27(2)20-11-12-29(16-20)33(3,31)26-19-9-10-21(22(25)15-19)24(30)28-13-14-32-23(17-28)18-7-5-4-6-8-18/h4-10,15,20,23H,11-14,16-17H2,1-3H3/t20-,23-,33?/m1/s1. The molecule has 2 heterocycles. The van der Waals surface area contributed by atoms with Crippen LogP contribution >= 0.6 is 11.6 Å². The Hall–Kier alpha value is -1.97. The molecule has 9 heteroatoms. The summed E-state index contributed by atoms with van der Waals surface area (Å²) in [6, 6.07) is 15.3. The smallest absolute Gasteiger partial charge is 0.255 e. The molecule has 1 unspecified atom stereocenters. The number of carbonyl (C=O) groups is 1. The third kappa shape index (κ3) is 5.58. The van der Waals surface area contributed by atoms with Gasteiger partial charge < -0.3 is 14.5 Å². The Balaban J connectivity index is 1.49. The predicted molar refractivity (Wildman–Crippen MR) is 132 cm³/mol. The van der Waals surface area contributed by atoms with E-state index in [-0.39, 0.29) is 12.0 Å². The highest BCUT2D eigenvalue weighted by molar-refractivity contribution is 7.90. The zero-order valence-electron chi connectivity index (χ0n) is 19.3. The molecule has 0 aliphatic carbocycles. The molecule has 3 atom stereocenters. The molecule has 2 aliphatic rings. The number of ether oxygens (including phenoxy) is 1. The van der Waals surface area contributed by atoms with E-state index in [0.29, 0.717) is 42.0 Å². The molecule has 0 spiro atoms. The molecule has 33 heavy (non-hydrogen) atoms. The maximum Gasteiger partial charge on any atom is 0.255 e. The first-order valence-corrected chi connectivity index (χ1v) is 13.4. The van der Waals surface area contributed by atoms with E-state index >= 15 is 0 Å². The molecule has 2 saturated heterocycles. The second-order valence-electron chi connectivity index (χ2n) is 8.83. The minimum Gasteiger partial charge on any atom is -0.370 e. The van der Waals surface area contributed by atoms with E-state index in [2.05, 4.69) is 9.26 Å². The lowest BCUT2D eigenvalue weighted by atomic mass is 10.1. The van der Waals surface area contributed by atoms with Crippen LogP contribution in [0.5, 0.6) is 0 Å². The summed E-state index contributed by atoms with van der Waals surface area (Å²) >= 11 is 6.50. The SMILES string of the molecule is CN(C)[C@@H]1CCN(S(C)(=O)=Nc2ccc(C(=O)N3CCO[C@@H](c4ccccc4)C3)c(Cl)c2)C1. The second-order valence-corrected chi connectivity index (χ2v) is 11.5. The summed E-state index contributed by atoms with van der Waals surface area (Å²) in [5.41, 5.74) is 1.98. The zero-order chi connectivity index (χ0) is 23.6. The largest absolute Gasteiger partial charge is 0.370 e. The summed E-state index contributed by atoms with van der Waals surface area (Å²) in [4.78, 5) is 17.1. The minimum atomic E-state index is -2.58. The summed E-state index contributed by atoms with van der Waals surface area (Å²) < 4.78 is 25.6. The lowest BCUT2D eigenvalue weighted by Gasteiger charge is -2.33. The van der Waals surface area contributed by atoms with E-state index in [1.54, 1.807) is 29.4 Å². The van der Waals surface area contributed by atoms with Crippen LogP contribution in [0.4, 0.5) is 5.69 Å². The molecule has 0 radical (unpaired) electrons. The normalized spacial score (nSPS) is 23.5. The van der Waals surface area contributed by atoms with E-state index in [1.807, 2.05) is 48.7 Å². The lowest BCUT2D eigenvalue weighted by Crippen LogP contribution is -2.42. The van der Waals surface area contributed by atoms with Crippen molar-refractivity contribution in [2.45, 2.75) is 18.6 Å². The molecule has 0 saturated carbocycles. The molecule has 1 amide bonds. The van der Waals surface area contributed by atoms with Crippen molar-refractivity contribution in [3.05, 3.63) is 64.7 Å². The van der Waals surface area contributed by atoms with Gasteiger partial charge in [0.2, 0.25) is 0 Å². The van der Waals surface area contributed by atoms with E-state index in [1.165, 1.54) is 0 Å². The van der Waals surface area contributed by atoms with Crippen LogP contribution in [0.25, 0.3) is 0 Å². The lowest BCUT2D eigenvalue weighted by molar-refractivity contribution is -0.0228. The van der Waals surface area contributed by atoms with Gasteiger partial charge in [-0.25, -0.2) is 8.51 Å². The van der Waals surface area contributed by atoms with Gasteiger partial charge in [-0.2, -0.15) is 4.36 Å². The number of amides is 1. The van der Waals surface area contributed by atoms with E-state index in [4.69, 9.17) is 16.3 Å². The van der Waals surface area contributed by atoms with Crippen LogP contribution in [-0.2, 0) is 14.7 Å². The monoisotopic (exact) mass is 490 g/mol. The van der Waals surface area contributed by atoms with Crippen LogP contribution in [-0.4, -0.2) is 83.4 Å². The van der Waals surface area contributed by atoms with Crippen molar-refractivity contribution >= 4 is 33.1 Å². The van der Waals surface area contributed by atoms with Gasteiger partial charge >= 0.3 is 0 Å². The molecule has 2 fully saturated rings. The number of rotatable bonds is 5. The van der Waals surface area contributed by atoms with Gasteiger partial charge in [-0.15, -0.1) is 0 Å². The molecule has 0 N–H and O–H groups in total. The molecule has 178 valence electrons. The Morgan fingerprint density at radius 1 is 1.15 bits per heavy atom. The number of hydrogen-bond acceptors (Lipinski definition) is 5. The number of benzene rings is 2. The van der Waals surface area contributed by atoms with Crippen LogP contribution in [0.1, 0.15) is 28.4 Å². The maximum absolute atomic E-state index is 13.3. The van der Waals surface area contributed by atoms with Gasteiger partial charge in [0.15, 0.2) is 0 Å². The van der Waals surface area contributed by atoms with E-state index in [9.17, 15) is 9.00 Å². The molecule has 0 bridgehead atoms. The number of nitrogens with zero attached hydrogens (tertiary/aromatic N) is 4. The van der Waals surface area contributed by atoms with Crippen molar-refractivity contribution in [2.75, 3.05) is 53.1 Å². The Morgan fingerprint density at radius 3 is 2.58 bits per heavy atom. The van der Waals surface area contributed by atoms with Gasteiger partial charge in [-0.3, -0.25) is 4.79 Å². The van der Waals surface area contributed by atoms with Crippen LogP contribution in [0.3, 0.4) is 0 Å². The topological polar surface area (TPSA) is 65.5 Å². The number of hydrogen-bond donors (Lipinski definition) is 0. The van der Waals surface area contributed by atoms with Crippen molar-refractivity contribution in [2.24, 2.45) is 4.36 Å². The predicted octanol–water partition coefficient (Wildman–Crippen LogP) is 3.83. The van der Waals surface area contributed by atoms with Gasteiger partial charge in [-0.05, 0) is 44.3 Å². The summed E-state index contributed by atoms with van der Waals surface area (Å²) in [5.74, 6) is -0.138. The van der Waals surface area contributed by atoms with Gasteiger partial charge in [0.25, 0.3) is 5.91 Å². The first-order chi connectivity index (χ1) is 15.7. The van der Waals surface area contributed by atoms with Crippen molar-refractivity contribution in [3.8, 4) is 0 Å². The molecule has 2 aromatic rings. The number of morpholine rings is 1. The maximum atomic E-state index is 13.3. The highest BCUT2D eigenvalue weighted by Gasteiger charge is 2.29. The van der Waals surface area contributed by atoms with Crippen molar-refractivity contribution in [3.63, 3.8) is 0 Å². The van der Waals surface area contributed by atoms with Gasteiger partial charge in [0, 0.05) is 31.9 Å². The Kier molecular flexibility index (Phi) is 7.40. The molecule has 0 aromatic heterocycles. The van der Waals surface area contributed by atoms with E-state index < -0.39 is 9.92 Å². The van der Waals surface area contributed by atoms with Gasteiger partial charge in [-0.1, -0.05) is 41.9 Å². The molecular weight excluding hydrogens is 460 g/mol. The fourth-order valence-corrected chi connectivity index (χ4v) is 6.07. The van der Waals surface area contributed by atoms with Gasteiger partial charge in [0.05, 0.1) is 29.4 Å². The first kappa shape index (κ1) is 24.2. The average molecular weight is 491 g/mol. The fourth-order valence-electron chi connectivity index (χ4n) is 4.30. The molecular formula is C24H31ClN4O3S. The second kappa shape index (κ2) is 10.1. The minimum absolute atomic E-state index is 0.138. The Labute approximate surface area is 201 Å². The van der Waals surface area contributed by atoms with Crippen LogP contribution in [0, 0.1) is 0 Å². The van der Waals surface area contributed by atoms with Crippen LogP contribution in [0.15, 0.2) is 52.9 Å². The summed E-state index contributed by atoms with van der Waals surface area (Å²) in [5, 5.41) is 0.312. The number of likely N-dealkylation sites (N-methyl/N-ethyl adjacent to an activating group) is 1. The van der Waals surface area contributed by atoms with Gasteiger partial charge in [0.1, 0.15) is 16.0 Å². The Bertz CT molecular complexity index is 1120. The fraction of sp³-hybridized carbons (Fsp3) is 0.458. The average Bonchev–Trinajstić information content (AvgIpc) is 3.31. The summed E-state index contributed by atoms with van der Waals surface area (Å²) in [7, 11) is 1.50. The highest BCUT2D eigenvalue weighted by Crippen LogP contribution is 2.29. The molecule has 4 rings (SSSR count). The number of carbonyl (C=O) groups excluding carboxylic acids is 1. The van der Waals surface area contributed by atoms with Crippen molar-refractivity contribution < 1.29 is 13.7 Å². The van der Waals surface area contributed by atoms with Crippen molar-refractivity contribution in [1.29, 1.82) is 0 Å². The highest BCUT2D eigenvalue weighted by atomic mass is 35.5. The van der Waals surface area contributed by atoms with E-state index in [0.717, 1.165) is 25.1 Å². The third-order valence-corrected chi connectivity index (χ3v) is 8.47. The van der Waals surface area contributed by atoms with Crippen LogP contribution in [0.2, 0.25) is 5.02 Å². The Morgan fingerprint density at radius 2 is 1.91 bits per heavy atom.